The Morgan fingerprint density at radius 1 is 0.395 bits per heavy atom. The predicted molar refractivity (Wildman–Crippen MR) is 323 cm³/mol. The molecular formula is C67H100O9. The molecule has 0 saturated heterocycles. The molecule has 9 heteroatoms. The fourth-order valence-corrected chi connectivity index (χ4v) is 6.15. The molecule has 0 unspecified atom stereocenters. The molecule has 0 fully saturated rings. The first-order valence-electron chi connectivity index (χ1n) is 28.0. The summed E-state index contributed by atoms with van der Waals surface area (Å²) in [6, 6.07) is 0. The van der Waals surface area contributed by atoms with Crippen molar-refractivity contribution in [1.29, 1.82) is 0 Å². The Kier molecular flexibility index (Phi) is 65.4. The van der Waals surface area contributed by atoms with Crippen LogP contribution in [0.4, 0.5) is 0 Å². The lowest BCUT2D eigenvalue weighted by Gasteiger charge is -2.05. The molecule has 0 rings (SSSR count). The minimum atomic E-state index is -0.754. The Bertz CT molecular complexity index is 1880. The van der Waals surface area contributed by atoms with Gasteiger partial charge in [0, 0.05) is 32.1 Å². The highest BCUT2D eigenvalue weighted by Gasteiger charge is 2.00. The largest absolute Gasteiger partial charge is 0.481 e. The fourth-order valence-electron chi connectivity index (χ4n) is 6.15. The van der Waals surface area contributed by atoms with Crippen molar-refractivity contribution in [2.24, 2.45) is 0 Å². The summed E-state index contributed by atoms with van der Waals surface area (Å²) in [7, 11) is 0. The van der Waals surface area contributed by atoms with E-state index in [1.807, 2.05) is 54.7 Å². The summed E-state index contributed by atoms with van der Waals surface area (Å²) < 4.78 is 0. The van der Waals surface area contributed by atoms with Crippen molar-refractivity contribution in [2.75, 3.05) is 0 Å². The van der Waals surface area contributed by atoms with Gasteiger partial charge in [0.05, 0.1) is 6.10 Å². The third-order valence-corrected chi connectivity index (χ3v) is 10.3. The van der Waals surface area contributed by atoms with Gasteiger partial charge in [0.15, 0.2) is 0 Å². The fraction of sp³-hybridized carbons (Fsp3) is 0.478. The van der Waals surface area contributed by atoms with Crippen LogP contribution in [0.5, 0.6) is 0 Å². The van der Waals surface area contributed by atoms with E-state index in [0.29, 0.717) is 38.5 Å². The van der Waals surface area contributed by atoms with E-state index in [-0.39, 0.29) is 25.4 Å². The zero-order chi connectivity index (χ0) is 56.3. The summed E-state index contributed by atoms with van der Waals surface area (Å²) in [6.07, 6.45) is 84.2. The van der Waals surface area contributed by atoms with Gasteiger partial charge in [0.1, 0.15) is 6.10 Å². The van der Waals surface area contributed by atoms with Crippen LogP contribution in [0.25, 0.3) is 0 Å². The number of hydrogen-bond acceptors (Lipinski definition) is 6. The second kappa shape index (κ2) is 67.0. The van der Waals surface area contributed by atoms with Gasteiger partial charge in [0.2, 0.25) is 0 Å². The van der Waals surface area contributed by atoms with Crippen LogP contribution in [0.15, 0.2) is 182 Å². The third-order valence-electron chi connectivity index (χ3n) is 10.3. The van der Waals surface area contributed by atoms with E-state index in [9.17, 15) is 19.5 Å². The molecule has 0 aliphatic rings. The number of allylic oxidation sites excluding steroid dienone is 26. The third kappa shape index (κ3) is 74.5. The number of aliphatic hydroxyl groups excluding tert-OH is 1. The quantitative estimate of drug-likeness (QED) is 0.00999. The van der Waals surface area contributed by atoms with Gasteiger partial charge in [0.25, 0.3) is 0 Å². The number of rotatable bonds is 44. The molecule has 422 valence electrons. The van der Waals surface area contributed by atoms with Crippen LogP contribution in [-0.4, -0.2) is 55.8 Å². The van der Waals surface area contributed by atoms with Crippen LogP contribution in [-0.2, 0) is 19.3 Å². The summed E-state index contributed by atoms with van der Waals surface area (Å²) in [4.78, 5) is 35.4. The number of carboxylic acid groups (broad SMARTS) is 3. The molecule has 0 heterocycles. The Balaban J connectivity index is -0.00000105. The number of carboxylic acids is 3. The molecule has 0 bridgehead atoms. The SMILES string of the molecule is CC/C=C\C/C=C\C/C=C\C/C=C\C/C=C\CC#CCCCC(=O)O.CC/C=C\C[C@@H](/C=C/CCCCCC/C=C\C/C=C\CCC(=O)O)OO.CC/C=C\C[C@H](O)/C=C/C=C\C/C=C\C/C=C\C/C=C\CCC(=O)O. The Morgan fingerprint density at radius 2 is 0.789 bits per heavy atom. The molecule has 0 aliphatic heterocycles. The number of unbranched alkanes of at least 4 members (excludes halogenated alkanes) is 6. The van der Waals surface area contributed by atoms with Gasteiger partial charge in [-0.1, -0.05) is 222 Å². The molecule has 0 radical (unpaired) electrons. The predicted octanol–water partition coefficient (Wildman–Crippen LogP) is 18.4. The van der Waals surface area contributed by atoms with Gasteiger partial charge >= 0.3 is 17.9 Å². The first-order valence-corrected chi connectivity index (χ1v) is 28.0. The van der Waals surface area contributed by atoms with Crippen molar-refractivity contribution < 1.29 is 45.0 Å². The van der Waals surface area contributed by atoms with E-state index >= 15 is 0 Å². The second-order valence-corrected chi connectivity index (χ2v) is 17.4. The van der Waals surface area contributed by atoms with Crippen molar-refractivity contribution in [1.82, 2.24) is 0 Å². The molecule has 5 N–H and O–H groups in total. The van der Waals surface area contributed by atoms with Crippen molar-refractivity contribution >= 4 is 17.9 Å². The maximum atomic E-state index is 10.3. The Morgan fingerprint density at radius 3 is 1.25 bits per heavy atom. The van der Waals surface area contributed by atoms with E-state index < -0.39 is 24.0 Å². The maximum Gasteiger partial charge on any atom is 0.303 e. The minimum absolute atomic E-state index is 0.195. The minimum Gasteiger partial charge on any atom is -0.481 e. The highest BCUT2D eigenvalue weighted by molar-refractivity contribution is 5.67. The van der Waals surface area contributed by atoms with Crippen LogP contribution in [0, 0.1) is 11.8 Å². The molecule has 0 aromatic carbocycles. The van der Waals surface area contributed by atoms with Crippen LogP contribution < -0.4 is 0 Å². The zero-order valence-corrected chi connectivity index (χ0v) is 46.9. The normalized spacial score (nSPS) is 13.3. The lowest BCUT2D eigenvalue weighted by atomic mass is 10.1. The highest BCUT2D eigenvalue weighted by atomic mass is 17.1. The van der Waals surface area contributed by atoms with Gasteiger partial charge in [-0.2, -0.15) is 0 Å². The molecule has 2 atom stereocenters. The summed E-state index contributed by atoms with van der Waals surface area (Å²) in [5.41, 5.74) is 0. The topological polar surface area (TPSA) is 162 Å². The summed E-state index contributed by atoms with van der Waals surface area (Å²) in [6.45, 7) is 6.31. The van der Waals surface area contributed by atoms with Crippen molar-refractivity contribution in [2.45, 2.75) is 206 Å². The Labute approximate surface area is 461 Å². The Hall–Kier alpha value is -6.05. The summed E-state index contributed by atoms with van der Waals surface area (Å²) in [5.74, 6) is 3.77. The van der Waals surface area contributed by atoms with Gasteiger partial charge in [-0.3, -0.25) is 19.6 Å². The first kappa shape index (κ1) is 74.2. The van der Waals surface area contributed by atoms with Crippen molar-refractivity contribution in [3.63, 3.8) is 0 Å². The standard InChI is InChI=1S/C23H32O2.C22H36O4.C22H32O3/c1-2-3-4-5-6-7-8-9-10-11-12-13-14-15-16-17-18-19-20-21-22-23(24)25;1-2-3-15-18-21(26-25)19-16-13-11-9-7-5-4-6-8-10-12-14-17-20-22(23)24;1-2-3-15-18-21(23)19-16-13-11-9-7-5-4-6-8-10-12-14-17-20-22(24)25/h3-4,6-7,9-10,12-13,15-16H,2,5,8,11,14,17,20-22H2,1H3,(H,24,25);3,6,8,12,14-16,19,21,25H,2,4-5,7,9-11,13,17-18,20H2,1H3,(H,23,24);3,5-8,11-16,19,21,23H,2,4,9-10,17-18,20H2,1H3,(H,24,25)/b4-3-,7-6-,10-9-,13-12-,16-15-;8-6-,14-12-,15-3-,19-16+;7-5-,8-6-,13-11-,14-12-,15-3-,19-16+/t;2*21-/m.00/s1. The van der Waals surface area contributed by atoms with E-state index in [0.717, 1.165) is 96.3 Å². The lowest BCUT2D eigenvalue weighted by molar-refractivity contribution is -0.264. The lowest BCUT2D eigenvalue weighted by Crippen LogP contribution is -2.05. The summed E-state index contributed by atoms with van der Waals surface area (Å²) >= 11 is 0. The summed E-state index contributed by atoms with van der Waals surface area (Å²) in [5, 5.41) is 44.0. The van der Waals surface area contributed by atoms with Crippen LogP contribution in [0.2, 0.25) is 0 Å². The molecular weight excluding hydrogens is 949 g/mol. The monoisotopic (exact) mass is 1050 g/mol. The van der Waals surface area contributed by atoms with Crippen LogP contribution in [0.1, 0.15) is 194 Å². The smallest absolute Gasteiger partial charge is 0.303 e. The molecule has 0 amide bonds. The van der Waals surface area contributed by atoms with Gasteiger partial charge in [-0.15, -0.1) is 5.92 Å². The number of aliphatic hydroxyl groups is 1. The maximum absolute atomic E-state index is 10.3. The van der Waals surface area contributed by atoms with E-state index in [1.165, 1.54) is 19.3 Å². The molecule has 0 saturated carbocycles. The van der Waals surface area contributed by atoms with E-state index in [1.54, 1.807) is 6.08 Å². The first-order chi connectivity index (χ1) is 37.1. The molecule has 0 aliphatic carbocycles. The van der Waals surface area contributed by atoms with Crippen molar-refractivity contribution in [3.05, 3.63) is 182 Å². The number of carbonyl (C=O) groups is 3. The second-order valence-electron chi connectivity index (χ2n) is 17.4. The van der Waals surface area contributed by atoms with E-state index in [4.69, 9.17) is 20.6 Å². The molecule has 0 spiro atoms. The average molecular weight is 1050 g/mol. The molecule has 0 aromatic rings. The van der Waals surface area contributed by atoms with Gasteiger partial charge in [-0.05, 0) is 128 Å². The highest BCUT2D eigenvalue weighted by Crippen LogP contribution is 2.09. The number of hydrogen-bond donors (Lipinski definition) is 5. The van der Waals surface area contributed by atoms with Gasteiger partial charge in [-0.25, -0.2) is 4.89 Å². The van der Waals surface area contributed by atoms with Crippen LogP contribution >= 0.6 is 0 Å². The van der Waals surface area contributed by atoms with E-state index in [2.05, 4.69) is 159 Å². The molecule has 0 aromatic heterocycles. The average Bonchev–Trinajstić information content (AvgIpc) is 3.40. The number of aliphatic carboxylic acids is 3. The zero-order valence-electron chi connectivity index (χ0n) is 46.9. The molecule has 9 nitrogen and oxygen atoms in total. The van der Waals surface area contributed by atoms with Crippen LogP contribution in [0.3, 0.4) is 0 Å². The van der Waals surface area contributed by atoms with Gasteiger partial charge < -0.3 is 20.4 Å². The molecule has 76 heavy (non-hydrogen) atoms. The van der Waals surface area contributed by atoms with Crippen molar-refractivity contribution in [3.8, 4) is 11.8 Å².